The number of hydrogen-bond acceptors (Lipinski definition) is 4. The second-order valence-corrected chi connectivity index (χ2v) is 4.49. The van der Waals surface area contributed by atoms with Crippen molar-refractivity contribution in [1.29, 1.82) is 0 Å². The van der Waals surface area contributed by atoms with Gasteiger partial charge in [0.15, 0.2) is 0 Å². The molecule has 0 bridgehead atoms. The van der Waals surface area contributed by atoms with Gasteiger partial charge in [-0.2, -0.15) is 0 Å². The van der Waals surface area contributed by atoms with Crippen LogP contribution in [-0.4, -0.2) is 16.6 Å². The average Bonchev–Trinajstić information content (AvgIpc) is 2.39. The van der Waals surface area contributed by atoms with Crippen LogP contribution in [0.25, 0.3) is 0 Å². The SMILES string of the molecule is CCOc1cccc(C(C)Nc2cncc(Cl)n2)c1. The summed E-state index contributed by atoms with van der Waals surface area (Å²) in [5.41, 5.74) is 1.12. The van der Waals surface area contributed by atoms with Crippen LogP contribution in [0, 0.1) is 0 Å². The van der Waals surface area contributed by atoms with Gasteiger partial charge in [0, 0.05) is 0 Å². The Kier molecular flexibility index (Phi) is 4.58. The van der Waals surface area contributed by atoms with Crippen molar-refractivity contribution in [2.24, 2.45) is 0 Å². The summed E-state index contributed by atoms with van der Waals surface area (Å²) < 4.78 is 5.49. The first-order valence-electron chi connectivity index (χ1n) is 6.16. The van der Waals surface area contributed by atoms with Crippen LogP contribution in [0.4, 0.5) is 5.82 Å². The number of aromatic nitrogens is 2. The summed E-state index contributed by atoms with van der Waals surface area (Å²) in [5, 5.41) is 3.63. The Morgan fingerprint density at radius 1 is 1.37 bits per heavy atom. The van der Waals surface area contributed by atoms with E-state index in [2.05, 4.69) is 15.3 Å². The number of hydrogen-bond donors (Lipinski definition) is 1. The van der Waals surface area contributed by atoms with Gasteiger partial charge in [0.05, 0.1) is 25.0 Å². The molecule has 5 heteroatoms. The summed E-state index contributed by atoms with van der Waals surface area (Å²) in [4.78, 5) is 8.15. The minimum atomic E-state index is 0.0909. The predicted molar refractivity (Wildman–Crippen MR) is 76.7 cm³/mol. The summed E-state index contributed by atoms with van der Waals surface area (Å²) in [7, 11) is 0. The summed E-state index contributed by atoms with van der Waals surface area (Å²) in [6.07, 6.45) is 3.15. The highest BCUT2D eigenvalue weighted by Gasteiger charge is 2.07. The van der Waals surface area contributed by atoms with E-state index in [1.807, 2.05) is 38.1 Å². The van der Waals surface area contributed by atoms with Gasteiger partial charge in [-0.25, -0.2) is 4.98 Å². The van der Waals surface area contributed by atoms with Gasteiger partial charge in [0.25, 0.3) is 0 Å². The maximum atomic E-state index is 5.81. The van der Waals surface area contributed by atoms with Crippen LogP contribution < -0.4 is 10.1 Å². The number of halogens is 1. The van der Waals surface area contributed by atoms with E-state index in [9.17, 15) is 0 Å². The van der Waals surface area contributed by atoms with Crippen LogP contribution >= 0.6 is 11.6 Å². The number of benzene rings is 1. The summed E-state index contributed by atoms with van der Waals surface area (Å²) in [5.74, 6) is 1.52. The Hall–Kier alpha value is -1.81. The molecule has 0 fully saturated rings. The maximum Gasteiger partial charge on any atom is 0.149 e. The van der Waals surface area contributed by atoms with Crippen molar-refractivity contribution in [3.05, 3.63) is 47.4 Å². The molecule has 1 unspecified atom stereocenters. The third-order valence-electron chi connectivity index (χ3n) is 2.64. The molecule has 100 valence electrons. The van der Waals surface area contributed by atoms with Crippen molar-refractivity contribution >= 4 is 17.4 Å². The molecular weight excluding hydrogens is 262 g/mol. The Labute approximate surface area is 117 Å². The smallest absolute Gasteiger partial charge is 0.149 e. The molecule has 1 aromatic carbocycles. The number of anilines is 1. The van der Waals surface area contributed by atoms with Gasteiger partial charge in [-0.15, -0.1) is 0 Å². The molecule has 0 aliphatic heterocycles. The highest BCUT2D eigenvalue weighted by molar-refractivity contribution is 6.29. The van der Waals surface area contributed by atoms with Crippen LogP contribution in [0.15, 0.2) is 36.7 Å². The lowest BCUT2D eigenvalue weighted by Gasteiger charge is -2.15. The molecule has 1 atom stereocenters. The molecule has 0 saturated heterocycles. The van der Waals surface area contributed by atoms with Crippen molar-refractivity contribution in [2.45, 2.75) is 19.9 Å². The Morgan fingerprint density at radius 3 is 2.95 bits per heavy atom. The standard InChI is InChI=1S/C14H16ClN3O/c1-3-19-12-6-4-5-11(7-12)10(2)17-14-9-16-8-13(15)18-14/h4-10H,3H2,1-2H3,(H,17,18). The van der Waals surface area contributed by atoms with E-state index < -0.39 is 0 Å². The molecule has 1 heterocycles. The number of nitrogens with zero attached hydrogens (tertiary/aromatic N) is 2. The van der Waals surface area contributed by atoms with Gasteiger partial charge in [0.1, 0.15) is 16.7 Å². The number of ether oxygens (including phenoxy) is 1. The van der Waals surface area contributed by atoms with E-state index in [1.165, 1.54) is 6.20 Å². The van der Waals surface area contributed by atoms with E-state index in [1.54, 1.807) is 6.20 Å². The van der Waals surface area contributed by atoms with Gasteiger partial charge >= 0.3 is 0 Å². The Balaban J connectivity index is 2.11. The summed E-state index contributed by atoms with van der Waals surface area (Å²) in [6.45, 7) is 4.68. The first-order chi connectivity index (χ1) is 9.19. The van der Waals surface area contributed by atoms with E-state index in [0.717, 1.165) is 11.3 Å². The molecule has 0 aliphatic rings. The topological polar surface area (TPSA) is 47.0 Å². The Morgan fingerprint density at radius 2 is 2.21 bits per heavy atom. The average molecular weight is 278 g/mol. The van der Waals surface area contributed by atoms with Crippen LogP contribution in [0.3, 0.4) is 0 Å². The number of rotatable bonds is 5. The monoisotopic (exact) mass is 277 g/mol. The fourth-order valence-electron chi connectivity index (χ4n) is 1.76. The van der Waals surface area contributed by atoms with Gasteiger partial charge in [-0.3, -0.25) is 4.98 Å². The molecule has 4 nitrogen and oxygen atoms in total. The second-order valence-electron chi connectivity index (χ2n) is 4.10. The maximum absolute atomic E-state index is 5.81. The van der Waals surface area contributed by atoms with Gasteiger partial charge < -0.3 is 10.1 Å². The van der Waals surface area contributed by atoms with Gasteiger partial charge in [0.2, 0.25) is 0 Å². The van der Waals surface area contributed by atoms with Gasteiger partial charge in [-0.1, -0.05) is 23.7 Å². The third kappa shape index (κ3) is 3.83. The molecule has 2 aromatic rings. The van der Waals surface area contributed by atoms with Crippen LogP contribution in [-0.2, 0) is 0 Å². The van der Waals surface area contributed by atoms with E-state index >= 15 is 0 Å². The van der Waals surface area contributed by atoms with Crippen LogP contribution in [0.1, 0.15) is 25.5 Å². The first-order valence-corrected chi connectivity index (χ1v) is 6.53. The number of nitrogens with one attached hydrogen (secondary N) is 1. The fourth-order valence-corrected chi connectivity index (χ4v) is 1.90. The predicted octanol–water partition coefficient (Wildman–Crippen LogP) is 3.70. The van der Waals surface area contributed by atoms with Crippen molar-refractivity contribution in [2.75, 3.05) is 11.9 Å². The minimum absolute atomic E-state index is 0.0909. The Bertz CT molecular complexity index is 548. The minimum Gasteiger partial charge on any atom is -0.494 e. The van der Waals surface area contributed by atoms with Crippen molar-refractivity contribution in [3.63, 3.8) is 0 Å². The lowest BCUT2D eigenvalue weighted by molar-refractivity contribution is 0.340. The van der Waals surface area contributed by atoms with Crippen LogP contribution in [0.5, 0.6) is 5.75 Å². The lowest BCUT2D eigenvalue weighted by Crippen LogP contribution is -2.08. The fraction of sp³-hybridized carbons (Fsp3) is 0.286. The summed E-state index contributed by atoms with van der Waals surface area (Å²) in [6, 6.07) is 8.06. The quantitative estimate of drug-likeness (QED) is 0.905. The molecule has 19 heavy (non-hydrogen) atoms. The highest BCUT2D eigenvalue weighted by atomic mass is 35.5. The van der Waals surface area contributed by atoms with Crippen molar-refractivity contribution < 1.29 is 4.74 Å². The summed E-state index contributed by atoms with van der Waals surface area (Å²) >= 11 is 5.81. The highest BCUT2D eigenvalue weighted by Crippen LogP contribution is 2.22. The van der Waals surface area contributed by atoms with Crippen molar-refractivity contribution in [1.82, 2.24) is 9.97 Å². The zero-order chi connectivity index (χ0) is 13.7. The first kappa shape index (κ1) is 13.6. The van der Waals surface area contributed by atoms with Crippen LogP contribution in [0.2, 0.25) is 5.15 Å². The van der Waals surface area contributed by atoms with E-state index in [0.29, 0.717) is 17.6 Å². The molecule has 0 saturated carbocycles. The second kappa shape index (κ2) is 6.38. The normalized spacial score (nSPS) is 11.9. The molecule has 1 aromatic heterocycles. The van der Waals surface area contributed by atoms with E-state index in [4.69, 9.17) is 16.3 Å². The molecule has 0 spiro atoms. The molecule has 2 rings (SSSR count). The van der Waals surface area contributed by atoms with Crippen molar-refractivity contribution in [3.8, 4) is 5.75 Å². The lowest BCUT2D eigenvalue weighted by atomic mass is 10.1. The third-order valence-corrected chi connectivity index (χ3v) is 2.82. The largest absolute Gasteiger partial charge is 0.494 e. The molecule has 0 aliphatic carbocycles. The zero-order valence-electron chi connectivity index (χ0n) is 10.9. The molecule has 1 N–H and O–H groups in total. The molecule has 0 radical (unpaired) electrons. The molecular formula is C14H16ClN3O. The zero-order valence-corrected chi connectivity index (χ0v) is 11.7. The van der Waals surface area contributed by atoms with E-state index in [-0.39, 0.29) is 6.04 Å². The molecule has 0 amide bonds. The van der Waals surface area contributed by atoms with Gasteiger partial charge in [-0.05, 0) is 31.5 Å².